The van der Waals surface area contributed by atoms with Crippen LogP contribution in [0.4, 0.5) is 0 Å². The lowest BCUT2D eigenvalue weighted by atomic mass is 9.87. The minimum Gasteiger partial charge on any atom is -0.391 e. The van der Waals surface area contributed by atoms with Gasteiger partial charge in [0.05, 0.1) is 11.9 Å². The van der Waals surface area contributed by atoms with Crippen LogP contribution in [0.25, 0.3) is 0 Å². The van der Waals surface area contributed by atoms with Gasteiger partial charge in [-0.05, 0) is 29.7 Å². The third-order valence-electron chi connectivity index (χ3n) is 4.07. The third kappa shape index (κ3) is 3.81. The van der Waals surface area contributed by atoms with Crippen LogP contribution in [0.15, 0.2) is 21.7 Å². The molecule has 1 heterocycles. The van der Waals surface area contributed by atoms with E-state index in [1.807, 2.05) is 0 Å². The second kappa shape index (κ2) is 6.13. The van der Waals surface area contributed by atoms with Crippen LogP contribution < -0.4 is 5.32 Å². The molecule has 4 nitrogen and oxygen atoms in total. The fourth-order valence-electron chi connectivity index (χ4n) is 2.82. The van der Waals surface area contributed by atoms with Crippen LogP contribution >= 0.6 is 11.3 Å². The highest BCUT2D eigenvalue weighted by Gasteiger charge is 2.34. The van der Waals surface area contributed by atoms with Crippen molar-refractivity contribution in [2.75, 3.05) is 12.3 Å². The topological polar surface area (TPSA) is 66.4 Å². The summed E-state index contributed by atoms with van der Waals surface area (Å²) in [6.45, 7) is 4.76. The maximum Gasteiger partial charge on any atom is 0.190 e. The summed E-state index contributed by atoms with van der Waals surface area (Å²) in [4.78, 5) is 0. The van der Waals surface area contributed by atoms with E-state index in [2.05, 4.69) is 19.2 Å². The molecule has 2 atom stereocenters. The van der Waals surface area contributed by atoms with Crippen molar-refractivity contribution in [3.63, 3.8) is 0 Å². The Morgan fingerprint density at radius 1 is 1.55 bits per heavy atom. The molecule has 0 radical (unpaired) electrons. The smallest absolute Gasteiger partial charge is 0.190 e. The van der Waals surface area contributed by atoms with Crippen LogP contribution in [0.2, 0.25) is 0 Å². The fourth-order valence-corrected chi connectivity index (χ4v) is 5.30. The number of hydrogen-bond donors (Lipinski definition) is 2. The molecule has 0 unspecified atom stereocenters. The molecule has 0 aromatic carbocycles. The molecule has 114 valence electrons. The van der Waals surface area contributed by atoms with E-state index in [9.17, 15) is 13.5 Å². The molecular formula is C14H23NO3S2. The van der Waals surface area contributed by atoms with Crippen LogP contribution in [-0.4, -0.2) is 38.0 Å². The van der Waals surface area contributed by atoms with Gasteiger partial charge in [-0.15, -0.1) is 11.3 Å². The molecule has 0 saturated heterocycles. The molecule has 20 heavy (non-hydrogen) atoms. The SMILES string of the molecule is CC1(C)CCC[C@H]1NC[C@H](O)CS(=O)(=O)c1cccs1. The number of nitrogens with one attached hydrogen (secondary N) is 1. The van der Waals surface area contributed by atoms with Crippen molar-refractivity contribution < 1.29 is 13.5 Å². The van der Waals surface area contributed by atoms with Gasteiger partial charge >= 0.3 is 0 Å². The number of thiophene rings is 1. The lowest BCUT2D eigenvalue weighted by Gasteiger charge is -2.28. The van der Waals surface area contributed by atoms with E-state index in [-0.39, 0.29) is 11.2 Å². The molecule has 1 saturated carbocycles. The molecule has 1 aromatic heterocycles. The van der Waals surface area contributed by atoms with Gasteiger partial charge in [0.1, 0.15) is 4.21 Å². The molecule has 6 heteroatoms. The molecule has 1 aliphatic carbocycles. The highest BCUT2D eigenvalue weighted by Crippen LogP contribution is 2.37. The van der Waals surface area contributed by atoms with E-state index in [1.54, 1.807) is 17.5 Å². The molecule has 1 aromatic rings. The van der Waals surface area contributed by atoms with Crippen LogP contribution in [-0.2, 0) is 9.84 Å². The molecule has 1 fully saturated rings. The monoisotopic (exact) mass is 317 g/mol. The molecule has 0 amide bonds. The Hall–Kier alpha value is -0.430. The zero-order valence-electron chi connectivity index (χ0n) is 12.0. The van der Waals surface area contributed by atoms with E-state index >= 15 is 0 Å². The average Bonchev–Trinajstić information content (AvgIpc) is 2.95. The van der Waals surface area contributed by atoms with Gasteiger partial charge in [0, 0.05) is 12.6 Å². The standard InChI is InChI=1S/C14H23NO3S2/c1-14(2)7-3-5-12(14)15-9-11(16)10-20(17,18)13-6-4-8-19-13/h4,6,8,11-12,15-16H,3,5,7,9-10H2,1-2H3/t11-,12+/m0/s1. The van der Waals surface area contributed by atoms with Gasteiger partial charge in [-0.1, -0.05) is 26.3 Å². The quantitative estimate of drug-likeness (QED) is 0.843. The number of rotatable bonds is 6. The number of aliphatic hydroxyl groups excluding tert-OH is 1. The molecule has 0 aliphatic heterocycles. The van der Waals surface area contributed by atoms with Crippen molar-refractivity contribution in [3.8, 4) is 0 Å². The van der Waals surface area contributed by atoms with Crippen molar-refractivity contribution in [2.24, 2.45) is 5.41 Å². The van der Waals surface area contributed by atoms with Crippen molar-refractivity contribution >= 4 is 21.2 Å². The Balaban J connectivity index is 1.86. The Labute approximate surface area is 125 Å². The van der Waals surface area contributed by atoms with Gasteiger partial charge in [0.25, 0.3) is 0 Å². The summed E-state index contributed by atoms with van der Waals surface area (Å²) in [7, 11) is -3.36. The fraction of sp³-hybridized carbons (Fsp3) is 0.714. The van der Waals surface area contributed by atoms with E-state index in [0.29, 0.717) is 16.8 Å². The summed E-state index contributed by atoms with van der Waals surface area (Å²) >= 11 is 1.20. The Bertz CT molecular complexity index is 523. The molecular weight excluding hydrogens is 294 g/mol. The van der Waals surface area contributed by atoms with Crippen LogP contribution in [0.3, 0.4) is 0 Å². The zero-order chi connectivity index (χ0) is 14.8. The highest BCUT2D eigenvalue weighted by molar-refractivity contribution is 7.93. The van der Waals surface area contributed by atoms with Crippen molar-refractivity contribution in [3.05, 3.63) is 17.5 Å². The predicted octanol–water partition coefficient (Wildman–Crippen LogP) is 2.05. The minimum absolute atomic E-state index is 0.215. The van der Waals surface area contributed by atoms with E-state index in [1.165, 1.54) is 24.2 Å². The molecule has 2 N–H and O–H groups in total. The lowest BCUT2D eigenvalue weighted by Crippen LogP contribution is -2.43. The predicted molar refractivity (Wildman–Crippen MR) is 81.8 cm³/mol. The van der Waals surface area contributed by atoms with Gasteiger partial charge in [-0.25, -0.2) is 8.42 Å². The number of aliphatic hydroxyl groups is 1. The maximum atomic E-state index is 12.0. The molecule has 1 aliphatic rings. The summed E-state index contributed by atoms with van der Waals surface area (Å²) in [5.74, 6) is -0.215. The first kappa shape index (κ1) is 15.9. The third-order valence-corrected chi connectivity index (χ3v) is 7.36. The summed E-state index contributed by atoms with van der Waals surface area (Å²) in [5, 5.41) is 15.0. The normalized spacial score (nSPS) is 23.9. The van der Waals surface area contributed by atoms with Gasteiger partial charge in [-0.2, -0.15) is 0 Å². The molecule has 2 rings (SSSR count). The van der Waals surface area contributed by atoms with Crippen molar-refractivity contribution in [1.29, 1.82) is 0 Å². The lowest BCUT2D eigenvalue weighted by molar-refractivity contribution is 0.174. The second-order valence-electron chi connectivity index (χ2n) is 6.21. The first-order valence-electron chi connectivity index (χ1n) is 6.99. The maximum absolute atomic E-state index is 12.0. The van der Waals surface area contributed by atoms with Gasteiger partial charge in [0.15, 0.2) is 9.84 Å². The highest BCUT2D eigenvalue weighted by atomic mass is 32.2. The second-order valence-corrected chi connectivity index (χ2v) is 9.42. The minimum atomic E-state index is -3.36. The number of hydrogen-bond acceptors (Lipinski definition) is 5. The van der Waals surface area contributed by atoms with E-state index in [0.717, 1.165) is 6.42 Å². The van der Waals surface area contributed by atoms with E-state index < -0.39 is 15.9 Å². The summed E-state index contributed by atoms with van der Waals surface area (Å²) in [6.07, 6.45) is 2.60. The molecule has 0 bridgehead atoms. The van der Waals surface area contributed by atoms with Crippen LogP contribution in [0, 0.1) is 5.41 Å². The largest absolute Gasteiger partial charge is 0.391 e. The Morgan fingerprint density at radius 3 is 2.85 bits per heavy atom. The van der Waals surface area contributed by atoms with Crippen LogP contribution in [0.5, 0.6) is 0 Å². The Morgan fingerprint density at radius 2 is 2.30 bits per heavy atom. The zero-order valence-corrected chi connectivity index (χ0v) is 13.6. The summed E-state index contributed by atoms with van der Waals surface area (Å²) in [5.41, 5.74) is 0.229. The number of sulfone groups is 1. The van der Waals surface area contributed by atoms with E-state index in [4.69, 9.17) is 0 Å². The van der Waals surface area contributed by atoms with Crippen LogP contribution in [0.1, 0.15) is 33.1 Å². The first-order valence-corrected chi connectivity index (χ1v) is 9.52. The summed E-state index contributed by atoms with van der Waals surface area (Å²) < 4.78 is 24.4. The first-order chi connectivity index (χ1) is 9.31. The van der Waals surface area contributed by atoms with Gasteiger partial charge < -0.3 is 10.4 Å². The van der Waals surface area contributed by atoms with Gasteiger partial charge in [-0.3, -0.25) is 0 Å². The van der Waals surface area contributed by atoms with Gasteiger partial charge in [0.2, 0.25) is 0 Å². The Kier molecular flexibility index (Phi) is 4.89. The molecule has 0 spiro atoms. The summed E-state index contributed by atoms with van der Waals surface area (Å²) in [6, 6.07) is 3.66. The van der Waals surface area contributed by atoms with Crippen molar-refractivity contribution in [2.45, 2.75) is 49.5 Å². The average molecular weight is 317 g/mol. The van der Waals surface area contributed by atoms with Crippen molar-refractivity contribution in [1.82, 2.24) is 5.32 Å².